The number of rotatable bonds is 3. The Labute approximate surface area is 98.6 Å². The number of alkyl halides is 3. The Bertz CT molecular complexity index is 421. The Hall–Kier alpha value is -1.32. The molecular weight excluding hydrogens is 229 g/mol. The molecule has 1 rings (SSSR count). The van der Waals surface area contributed by atoms with E-state index >= 15 is 0 Å². The quantitative estimate of drug-likeness (QED) is 0.727. The molecule has 94 valence electrons. The number of hydrogen-bond donors (Lipinski definition) is 0. The third kappa shape index (κ3) is 2.87. The molecule has 0 spiro atoms. The van der Waals surface area contributed by atoms with Crippen molar-refractivity contribution in [3.8, 4) is 0 Å². The zero-order valence-electron chi connectivity index (χ0n) is 10.1. The molecular formula is C13H15F3O. The van der Waals surface area contributed by atoms with Crippen LogP contribution in [0.5, 0.6) is 0 Å². The molecule has 1 aromatic rings. The second-order valence-corrected chi connectivity index (χ2v) is 4.15. The van der Waals surface area contributed by atoms with Crippen molar-refractivity contribution in [2.45, 2.75) is 33.4 Å². The number of hydrogen-bond acceptors (Lipinski definition) is 1. The molecule has 0 aliphatic carbocycles. The van der Waals surface area contributed by atoms with Gasteiger partial charge in [-0.3, -0.25) is 4.79 Å². The van der Waals surface area contributed by atoms with Gasteiger partial charge in [0.15, 0.2) is 5.78 Å². The first-order valence-corrected chi connectivity index (χ1v) is 5.50. The summed E-state index contributed by atoms with van der Waals surface area (Å²) < 4.78 is 38.0. The van der Waals surface area contributed by atoms with Crippen LogP contribution in [0.3, 0.4) is 0 Å². The number of carbonyl (C=O) groups is 1. The SMILES string of the molecule is CCC(C)C(=O)c1cccc(C(F)(F)F)c1C. The summed E-state index contributed by atoms with van der Waals surface area (Å²) in [5.74, 6) is -0.478. The predicted molar refractivity (Wildman–Crippen MR) is 60.0 cm³/mol. The third-order valence-corrected chi connectivity index (χ3v) is 2.96. The van der Waals surface area contributed by atoms with Crippen LogP contribution in [0, 0.1) is 12.8 Å². The van der Waals surface area contributed by atoms with E-state index in [2.05, 4.69) is 0 Å². The fraction of sp³-hybridized carbons (Fsp3) is 0.462. The van der Waals surface area contributed by atoms with Crippen molar-refractivity contribution in [1.82, 2.24) is 0 Å². The Morgan fingerprint density at radius 3 is 2.41 bits per heavy atom. The molecule has 1 nitrogen and oxygen atoms in total. The van der Waals surface area contributed by atoms with Gasteiger partial charge < -0.3 is 0 Å². The van der Waals surface area contributed by atoms with Crippen LogP contribution < -0.4 is 0 Å². The number of benzene rings is 1. The van der Waals surface area contributed by atoms with Gasteiger partial charge in [-0.1, -0.05) is 26.0 Å². The van der Waals surface area contributed by atoms with Gasteiger partial charge in [0.25, 0.3) is 0 Å². The van der Waals surface area contributed by atoms with Crippen molar-refractivity contribution < 1.29 is 18.0 Å². The number of Topliss-reactive ketones (excluding diaryl/α,β-unsaturated/α-hetero) is 1. The summed E-state index contributed by atoms with van der Waals surface area (Å²) in [4.78, 5) is 11.9. The molecule has 1 aromatic carbocycles. The van der Waals surface area contributed by atoms with Gasteiger partial charge in [-0.2, -0.15) is 13.2 Å². The zero-order chi connectivity index (χ0) is 13.2. The van der Waals surface area contributed by atoms with E-state index in [-0.39, 0.29) is 22.8 Å². The van der Waals surface area contributed by atoms with Gasteiger partial charge in [0.1, 0.15) is 0 Å². The summed E-state index contributed by atoms with van der Waals surface area (Å²) in [5.41, 5.74) is -0.536. The topological polar surface area (TPSA) is 17.1 Å². The summed E-state index contributed by atoms with van der Waals surface area (Å²) in [6, 6.07) is 3.74. The number of carbonyl (C=O) groups excluding carboxylic acids is 1. The summed E-state index contributed by atoms with van der Waals surface area (Å²) in [7, 11) is 0. The molecule has 0 radical (unpaired) electrons. The molecule has 0 aromatic heterocycles. The highest BCUT2D eigenvalue weighted by atomic mass is 19.4. The monoisotopic (exact) mass is 244 g/mol. The Morgan fingerprint density at radius 2 is 1.94 bits per heavy atom. The van der Waals surface area contributed by atoms with Crippen molar-refractivity contribution >= 4 is 5.78 Å². The van der Waals surface area contributed by atoms with Crippen LogP contribution in [-0.4, -0.2) is 5.78 Å². The van der Waals surface area contributed by atoms with Gasteiger partial charge in [0, 0.05) is 11.5 Å². The number of halogens is 3. The summed E-state index contributed by atoms with van der Waals surface area (Å²) >= 11 is 0. The Kier molecular flexibility index (Phi) is 3.96. The summed E-state index contributed by atoms with van der Waals surface area (Å²) in [6.45, 7) is 4.91. The molecule has 1 atom stereocenters. The minimum atomic E-state index is -4.41. The fourth-order valence-electron chi connectivity index (χ4n) is 1.66. The van der Waals surface area contributed by atoms with Crippen molar-refractivity contribution in [2.75, 3.05) is 0 Å². The minimum Gasteiger partial charge on any atom is -0.294 e. The fourth-order valence-corrected chi connectivity index (χ4v) is 1.66. The van der Waals surface area contributed by atoms with Gasteiger partial charge in [0.05, 0.1) is 5.56 Å². The standard InChI is InChI=1S/C13H15F3O/c1-4-8(2)12(17)10-6-5-7-11(9(10)3)13(14,15)16/h5-8H,4H2,1-3H3. The molecule has 0 bridgehead atoms. The van der Waals surface area contributed by atoms with Crippen LogP contribution in [0.4, 0.5) is 13.2 Å². The van der Waals surface area contributed by atoms with Gasteiger partial charge in [-0.05, 0) is 25.0 Å². The van der Waals surface area contributed by atoms with Crippen molar-refractivity contribution in [1.29, 1.82) is 0 Å². The molecule has 1 unspecified atom stereocenters. The van der Waals surface area contributed by atoms with Crippen molar-refractivity contribution in [3.63, 3.8) is 0 Å². The largest absolute Gasteiger partial charge is 0.416 e. The lowest BCUT2D eigenvalue weighted by Crippen LogP contribution is -2.15. The van der Waals surface area contributed by atoms with Crippen LogP contribution >= 0.6 is 0 Å². The molecule has 0 N–H and O–H groups in total. The molecule has 0 saturated heterocycles. The van der Waals surface area contributed by atoms with Crippen molar-refractivity contribution in [3.05, 3.63) is 34.9 Å². The van der Waals surface area contributed by atoms with Gasteiger partial charge in [0.2, 0.25) is 0 Å². The van der Waals surface area contributed by atoms with E-state index in [4.69, 9.17) is 0 Å². The molecule has 0 saturated carbocycles. The van der Waals surface area contributed by atoms with E-state index < -0.39 is 11.7 Å². The maximum Gasteiger partial charge on any atom is 0.416 e. The minimum absolute atomic E-state index is 0.0188. The Balaban J connectivity index is 3.24. The highest BCUT2D eigenvalue weighted by molar-refractivity contribution is 5.99. The highest BCUT2D eigenvalue weighted by Gasteiger charge is 2.33. The molecule has 4 heteroatoms. The first-order valence-electron chi connectivity index (χ1n) is 5.50. The van der Waals surface area contributed by atoms with E-state index in [0.717, 1.165) is 6.07 Å². The maximum absolute atomic E-state index is 12.7. The van der Waals surface area contributed by atoms with Crippen LogP contribution in [0.2, 0.25) is 0 Å². The second-order valence-electron chi connectivity index (χ2n) is 4.15. The maximum atomic E-state index is 12.7. The first-order chi connectivity index (χ1) is 7.79. The van der Waals surface area contributed by atoms with Crippen LogP contribution in [0.15, 0.2) is 18.2 Å². The van der Waals surface area contributed by atoms with E-state index in [1.165, 1.54) is 19.1 Å². The van der Waals surface area contributed by atoms with Crippen molar-refractivity contribution in [2.24, 2.45) is 5.92 Å². The van der Waals surface area contributed by atoms with E-state index in [1.54, 1.807) is 6.92 Å². The van der Waals surface area contributed by atoms with Gasteiger partial charge >= 0.3 is 6.18 Å². The number of ketones is 1. The summed E-state index contributed by atoms with van der Waals surface area (Å²) in [5, 5.41) is 0. The first kappa shape index (κ1) is 13.7. The van der Waals surface area contributed by atoms with Crippen LogP contribution in [0.1, 0.15) is 41.8 Å². The average molecular weight is 244 g/mol. The van der Waals surface area contributed by atoms with E-state index in [9.17, 15) is 18.0 Å². The zero-order valence-corrected chi connectivity index (χ0v) is 10.1. The van der Waals surface area contributed by atoms with Crippen LogP contribution in [0.25, 0.3) is 0 Å². The Morgan fingerprint density at radius 1 is 1.35 bits per heavy atom. The molecule has 0 aliphatic heterocycles. The molecule has 0 amide bonds. The van der Waals surface area contributed by atoms with Gasteiger partial charge in [-0.15, -0.1) is 0 Å². The lowest BCUT2D eigenvalue weighted by atomic mass is 9.92. The van der Waals surface area contributed by atoms with Gasteiger partial charge in [-0.25, -0.2) is 0 Å². The normalized spacial score (nSPS) is 13.5. The lowest BCUT2D eigenvalue weighted by Gasteiger charge is -2.15. The predicted octanol–water partition coefficient (Wildman–Crippen LogP) is 4.24. The lowest BCUT2D eigenvalue weighted by molar-refractivity contribution is -0.138. The molecule has 17 heavy (non-hydrogen) atoms. The molecule has 0 aliphatic rings. The second kappa shape index (κ2) is 4.90. The molecule has 0 heterocycles. The third-order valence-electron chi connectivity index (χ3n) is 2.96. The van der Waals surface area contributed by atoms with Crippen LogP contribution in [-0.2, 0) is 6.18 Å². The average Bonchev–Trinajstić information content (AvgIpc) is 2.25. The summed E-state index contributed by atoms with van der Waals surface area (Å²) in [6.07, 6.45) is -3.79. The highest BCUT2D eigenvalue weighted by Crippen LogP contribution is 2.33. The van der Waals surface area contributed by atoms with E-state index in [0.29, 0.717) is 6.42 Å². The van der Waals surface area contributed by atoms with E-state index in [1.807, 2.05) is 6.92 Å². The smallest absolute Gasteiger partial charge is 0.294 e. The molecule has 0 fully saturated rings.